The van der Waals surface area contributed by atoms with E-state index in [1.807, 2.05) is 6.92 Å². The summed E-state index contributed by atoms with van der Waals surface area (Å²) in [6.07, 6.45) is 4.12. The van der Waals surface area contributed by atoms with Crippen LogP contribution in [0.25, 0.3) is 0 Å². The summed E-state index contributed by atoms with van der Waals surface area (Å²) in [6.45, 7) is 16.9. The fraction of sp³-hybridized carbons (Fsp3) is 0.912. The molecule has 2 N–H and O–H groups in total. The molecule has 238 valence electrons. The molecule has 0 radical (unpaired) electrons. The van der Waals surface area contributed by atoms with Crippen molar-refractivity contribution in [3.05, 3.63) is 0 Å². The lowest BCUT2D eigenvalue weighted by molar-refractivity contribution is -0.223. The van der Waals surface area contributed by atoms with Crippen molar-refractivity contribution in [3.8, 4) is 0 Å². The van der Waals surface area contributed by atoms with E-state index in [0.29, 0.717) is 19.3 Å². The molecule has 1 saturated heterocycles. The third kappa shape index (κ3) is 4.51. The topological polar surface area (TPSA) is 119 Å². The van der Waals surface area contributed by atoms with Crippen LogP contribution in [0, 0.1) is 39.9 Å². The van der Waals surface area contributed by atoms with Crippen LogP contribution in [-0.4, -0.2) is 63.0 Å². The van der Waals surface area contributed by atoms with Gasteiger partial charge in [-0.1, -0.05) is 34.6 Å². The zero-order valence-electron chi connectivity index (χ0n) is 27.2. The average Bonchev–Trinajstić information content (AvgIpc) is 3.35. The molecular weight excluding hydrogens is 536 g/mol. The molecule has 0 bridgehead atoms. The summed E-state index contributed by atoms with van der Waals surface area (Å²) in [4.78, 5) is 38.7. The molecule has 1 heterocycles. The standard InChI is InChI=1S/C34H54O8/c1-19(2)34(39)17-16-30(7)18-33(38,15-12-22(30)34)24-11-10-23-31(24,8)14-13-25-32(23,9)28(41-21(4)36)26(37)27(40-20(3)35)29(5,6)42-25/h19,22-25,27-28,38-39H,10-18H2,1-9H3/t22-,23+,24-,25+,27+,28+,30+,31-,32+,33+,34+/m0/s1. The van der Waals surface area contributed by atoms with Gasteiger partial charge in [-0.25, -0.2) is 0 Å². The van der Waals surface area contributed by atoms with Gasteiger partial charge in [-0.05, 0) is 106 Å². The molecule has 0 spiro atoms. The first-order valence-electron chi connectivity index (χ1n) is 16.3. The highest BCUT2D eigenvalue weighted by molar-refractivity contribution is 5.92. The molecular formula is C34H54O8. The monoisotopic (exact) mass is 590 g/mol. The summed E-state index contributed by atoms with van der Waals surface area (Å²) < 4.78 is 18.1. The molecule has 4 aliphatic carbocycles. The minimum Gasteiger partial charge on any atom is -0.454 e. The number of carbonyl (C=O) groups is 3. The second-order valence-corrected chi connectivity index (χ2v) is 16.4. The molecule has 0 aromatic heterocycles. The van der Waals surface area contributed by atoms with E-state index < -0.39 is 58.3 Å². The first kappa shape index (κ1) is 31.9. The molecule has 1 aliphatic heterocycles. The van der Waals surface area contributed by atoms with Gasteiger partial charge in [0.1, 0.15) is 5.60 Å². The Hall–Kier alpha value is -1.51. The zero-order chi connectivity index (χ0) is 31.3. The number of hydrogen-bond acceptors (Lipinski definition) is 8. The first-order chi connectivity index (χ1) is 19.2. The van der Waals surface area contributed by atoms with E-state index >= 15 is 0 Å². The van der Waals surface area contributed by atoms with Gasteiger partial charge in [-0.2, -0.15) is 0 Å². The van der Waals surface area contributed by atoms with Gasteiger partial charge < -0.3 is 24.4 Å². The molecule has 4 saturated carbocycles. The van der Waals surface area contributed by atoms with Crippen LogP contribution >= 0.6 is 0 Å². The van der Waals surface area contributed by atoms with Gasteiger partial charge in [-0.3, -0.25) is 14.4 Å². The Morgan fingerprint density at radius 2 is 1.40 bits per heavy atom. The SMILES string of the molecule is CC(=O)O[C@@H]1C(=O)[C@@H](OC(C)=O)[C@]2(C)[C@@H]3CC[C@H]([C@@]4(O)CC[C@H]5[C@](C)(CC[C@@]5(O)C(C)C)C4)[C@@]3(C)CC[C@H]2OC1(C)C. The van der Waals surface area contributed by atoms with Gasteiger partial charge in [0, 0.05) is 19.3 Å². The fourth-order valence-corrected chi connectivity index (χ4v) is 11.4. The molecule has 8 nitrogen and oxygen atoms in total. The molecule has 5 aliphatic rings. The predicted molar refractivity (Wildman–Crippen MR) is 156 cm³/mol. The average molecular weight is 591 g/mol. The number of aliphatic hydroxyl groups is 2. The van der Waals surface area contributed by atoms with Gasteiger partial charge >= 0.3 is 11.9 Å². The smallest absolute Gasteiger partial charge is 0.303 e. The van der Waals surface area contributed by atoms with Crippen LogP contribution in [0.3, 0.4) is 0 Å². The molecule has 0 amide bonds. The van der Waals surface area contributed by atoms with Crippen LogP contribution in [-0.2, 0) is 28.6 Å². The van der Waals surface area contributed by atoms with E-state index in [4.69, 9.17) is 14.2 Å². The van der Waals surface area contributed by atoms with Crippen molar-refractivity contribution in [2.24, 2.45) is 39.9 Å². The summed E-state index contributed by atoms with van der Waals surface area (Å²) in [5.41, 5.74) is -3.99. The predicted octanol–water partition coefficient (Wildman–Crippen LogP) is 5.15. The van der Waals surface area contributed by atoms with Crippen molar-refractivity contribution >= 4 is 17.7 Å². The highest BCUT2D eigenvalue weighted by atomic mass is 16.6. The van der Waals surface area contributed by atoms with Gasteiger partial charge in [0.15, 0.2) is 12.2 Å². The number of fused-ring (bicyclic) bond motifs is 4. The fourth-order valence-electron chi connectivity index (χ4n) is 11.4. The van der Waals surface area contributed by atoms with E-state index in [9.17, 15) is 24.6 Å². The van der Waals surface area contributed by atoms with Gasteiger partial charge in [0.2, 0.25) is 5.78 Å². The minimum atomic E-state index is -1.20. The van der Waals surface area contributed by atoms with Crippen LogP contribution < -0.4 is 0 Å². The lowest BCUT2D eigenvalue weighted by Gasteiger charge is -2.59. The van der Waals surface area contributed by atoms with Crippen molar-refractivity contribution in [1.82, 2.24) is 0 Å². The first-order valence-corrected chi connectivity index (χ1v) is 16.3. The number of rotatable bonds is 4. The van der Waals surface area contributed by atoms with Crippen molar-refractivity contribution in [1.29, 1.82) is 0 Å². The van der Waals surface area contributed by atoms with E-state index in [0.717, 1.165) is 38.5 Å². The van der Waals surface area contributed by atoms with E-state index in [-0.39, 0.29) is 34.5 Å². The van der Waals surface area contributed by atoms with Gasteiger partial charge in [0.05, 0.1) is 17.3 Å². The molecule has 5 fully saturated rings. The Morgan fingerprint density at radius 1 is 0.810 bits per heavy atom. The maximum absolute atomic E-state index is 14.2. The summed E-state index contributed by atoms with van der Waals surface area (Å²) in [7, 11) is 0. The largest absolute Gasteiger partial charge is 0.454 e. The summed E-state index contributed by atoms with van der Waals surface area (Å²) in [6, 6.07) is 0. The summed E-state index contributed by atoms with van der Waals surface area (Å²) in [5, 5.41) is 24.2. The van der Waals surface area contributed by atoms with Crippen LogP contribution in [0.5, 0.6) is 0 Å². The van der Waals surface area contributed by atoms with Crippen molar-refractivity contribution in [2.45, 2.75) is 155 Å². The van der Waals surface area contributed by atoms with Crippen LogP contribution in [0.15, 0.2) is 0 Å². The van der Waals surface area contributed by atoms with Gasteiger partial charge in [-0.15, -0.1) is 0 Å². The molecule has 8 heteroatoms. The third-order valence-corrected chi connectivity index (χ3v) is 13.2. The highest BCUT2D eigenvalue weighted by Gasteiger charge is 2.71. The number of carbonyl (C=O) groups excluding carboxylic acids is 3. The Labute approximate surface area is 251 Å². The number of Topliss-reactive ketones (excluding diaryl/α,β-unsaturated/α-hetero) is 1. The molecule has 42 heavy (non-hydrogen) atoms. The minimum absolute atomic E-state index is 0.00639. The number of esters is 2. The number of ether oxygens (including phenoxy) is 3. The Morgan fingerprint density at radius 3 is 2.00 bits per heavy atom. The number of ketones is 1. The maximum atomic E-state index is 14.2. The Kier molecular flexibility index (Phi) is 7.59. The highest BCUT2D eigenvalue weighted by Crippen LogP contribution is 2.70. The van der Waals surface area contributed by atoms with Crippen molar-refractivity contribution < 1.29 is 38.8 Å². The quantitative estimate of drug-likeness (QED) is 0.432. The summed E-state index contributed by atoms with van der Waals surface area (Å²) >= 11 is 0. The Balaban J connectivity index is 1.51. The van der Waals surface area contributed by atoms with E-state index in [1.54, 1.807) is 13.8 Å². The molecule has 0 unspecified atom stereocenters. The van der Waals surface area contributed by atoms with Crippen LogP contribution in [0.4, 0.5) is 0 Å². The third-order valence-electron chi connectivity index (χ3n) is 13.2. The van der Waals surface area contributed by atoms with Crippen molar-refractivity contribution in [3.63, 3.8) is 0 Å². The second-order valence-electron chi connectivity index (χ2n) is 16.4. The molecule has 11 atom stereocenters. The molecule has 0 aromatic rings. The summed E-state index contributed by atoms with van der Waals surface area (Å²) in [5.74, 6) is -1.29. The van der Waals surface area contributed by atoms with Crippen LogP contribution in [0.2, 0.25) is 0 Å². The zero-order valence-corrected chi connectivity index (χ0v) is 27.2. The van der Waals surface area contributed by atoms with E-state index in [2.05, 4.69) is 27.7 Å². The number of hydrogen-bond donors (Lipinski definition) is 2. The lowest BCUT2D eigenvalue weighted by atomic mass is 9.48. The Bertz CT molecular complexity index is 1130. The normalized spacial score (nSPS) is 50.0. The molecule has 0 aromatic carbocycles. The molecule has 5 rings (SSSR count). The van der Waals surface area contributed by atoms with Crippen molar-refractivity contribution in [2.75, 3.05) is 0 Å². The van der Waals surface area contributed by atoms with Crippen LogP contribution in [0.1, 0.15) is 120 Å². The maximum Gasteiger partial charge on any atom is 0.303 e. The van der Waals surface area contributed by atoms with Gasteiger partial charge in [0.25, 0.3) is 0 Å². The second kappa shape index (κ2) is 10.00. The lowest BCUT2D eigenvalue weighted by Crippen LogP contribution is -2.62. The van der Waals surface area contributed by atoms with E-state index in [1.165, 1.54) is 13.8 Å².